The third-order valence-electron chi connectivity index (χ3n) is 4.45. The van der Waals surface area contributed by atoms with Crippen LogP contribution >= 0.6 is 11.6 Å². The van der Waals surface area contributed by atoms with Crippen LogP contribution < -0.4 is 5.32 Å². The molecular weight excluding hydrogens is 296 g/mol. The molecule has 1 saturated carbocycles. The Labute approximate surface area is 135 Å². The number of allylic oxidation sites excluding steroid dienone is 2. The van der Waals surface area contributed by atoms with E-state index in [1.807, 2.05) is 12.1 Å². The van der Waals surface area contributed by atoms with Crippen molar-refractivity contribution in [3.8, 4) is 6.07 Å². The van der Waals surface area contributed by atoms with Gasteiger partial charge in [0.25, 0.3) is 0 Å². The van der Waals surface area contributed by atoms with Crippen molar-refractivity contribution in [1.82, 2.24) is 0 Å². The minimum absolute atomic E-state index is 0.113. The Morgan fingerprint density at radius 3 is 2.77 bits per heavy atom. The van der Waals surface area contributed by atoms with Crippen LogP contribution in [-0.2, 0) is 0 Å². The molecule has 1 unspecified atom stereocenters. The molecule has 5 heteroatoms. The lowest BCUT2D eigenvalue weighted by Gasteiger charge is -2.19. The zero-order valence-corrected chi connectivity index (χ0v) is 13.2. The monoisotopic (exact) mass is 314 g/mol. The summed E-state index contributed by atoms with van der Waals surface area (Å²) in [5.41, 5.74) is 10.9. The lowest BCUT2D eigenvalue weighted by Crippen LogP contribution is -2.05. The first-order chi connectivity index (χ1) is 10.7. The van der Waals surface area contributed by atoms with Crippen molar-refractivity contribution in [3.63, 3.8) is 0 Å². The molecule has 0 spiro atoms. The van der Waals surface area contributed by atoms with Crippen molar-refractivity contribution in [2.75, 3.05) is 11.9 Å². The van der Waals surface area contributed by atoms with Crippen molar-refractivity contribution in [2.24, 2.45) is 17.0 Å². The van der Waals surface area contributed by atoms with Crippen molar-refractivity contribution in [1.29, 1.82) is 10.8 Å². The minimum atomic E-state index is 0.113. The SMILES string of the molecule is N#CC1CC=C(c2ccc(NCC3CC3)c(N=N)c2Cl)CC1. The lowest BCUT2D eigenvalue weighted by atomic mass is 9.87. The lowest BCUT2D eigenvalue weighted by molar-refractivity contribution is 0.604. The Morgan fingerprint density at radius 2 is 2.18 bits per heavy atom. The topological polar surface area (TPSA) is 72.0 Å². The largest absolute Gasteiger partial charge is 0.383 e. The van der Waals surface area contributed by atoms with Crippen LogP contribution in [0.1, 0.15) is 37.7 Å². The fourth-order valence-corrected chi connectivity index (χ4v) is 3.17. The molecule has 1 atom stereocenters. The number of benzene rings is 1. The number of nitrogens with zero attached hydrogens (tertiary/aromatic N) is 2. The van der Waals surface area contributed by atoms with E-state index < -0.39 is 0 Å². The van der Waals surface area contributed by atoms with Gasteiger partial charge in [0.2, 0.25) is 0 Å². The molecule has 0 heterocycles. The average molecular weight is 315 g/mol. The number of hydrogen-bond donors (Lipinski definition) is 2. The highest BCUT2D eigenvalue weighted by atomic mass is 35.5. The fraction of sp³-hybridized carbons (Fsp3) is 0.471. The van der Waals surface area contributed by atoms with E-state index in [1.165, 1.54) is 12.8 Å². The van der Waals surface area contributed by atoms with Gasteiger partial charge in [0.1, 0.15) is 5.69 Å². The van der Waals surface area contributed by atoms with Crippen LogP contribution in [0.25, 0.3) is 5.57 Å². The van der Waals surface area contributed by atoms with Crippen molar-refractivity contribution >= 4 is 28.5 Å². The number of nitriles is 1. The van der Waals surface area contributed by atoms with Gasteiger partial charge in [-0.1, -0.05) is 23.7 Å². The van der Waals surface area contributed by atoms with Crippen molar-refractivity contribution < 1.29 is 0 Å². The molecule has 1 aromatic carbocycles. The van der Waals surface area contributed by atoms with Crippen LogP contribution in [0.15, 0.2) is 23.3 Å². The second kappa shape index (κ2) is 6.50. The van der Waals surface area contributed by atoms with Gasteiger partial charge in [-0.15, -0.1) is 0 Å². The second-order valence-electron chi connectivity index (χ2n) is 6.09. The van der Waals surface area contributed by atoms with E-state index in [9.17, 15) is 0 Å². The molecule has 2 aliphatic rings. The predicted octanol–water partition coefficient (Wildman–Crippen LogP) is 5.53. The van der Waals surface area contributed by atoms with Gasteiger partial charge in [-0.3, -0.25) is 0 Å². The van der Waals surface area contributed by atoms with E-state index in [0.717, 1.165) is 48.5 Å². The molecule has 0 bridgehead atoms. The molecule has 22 heavy (non-hydrogen) atoms. The predicted molar refractivity (Wildman–Crippen MR) is 88.4 cm³/mol. The summed E-state index contributed by atoms with van der Waals surface area (Å²) < 4.78 is 0. The maximum absolute atomic E-state index is 8.98. The highest BCUT2D eigenvalue weighted by Gasteiger charge is 2.22. The molecule has 1 aromatic rings. The number of hydrogen-bond acceptors (Lipinski definition) is 4. The van der Waals surface area contributed by atoms with Crippen LogP contribution in [0.4, 0.5) is 11.4 Å². The van der Waals surface area contributed by atoms with Gasteiger partial charge in [-0.05, 0) is 55.2 Å². The molecule has 0 radical (unpaired) electrons. The first-order valence-corrected chi connectivity index (χ1v) is 8.13. The van der Waals surface area contributed by atoms with Gasteiger partial charge >= 0.3 is 0 Å². The first kappa shape index (κ1) is 15.1. The third-order valence-corrected chi connectivity index (χ3v) is 4.83. The quantitative estimate of drug-likeness (QED) is 0.701. The van der Waals surface area contributed by atoms with Crippen LogP contribution in [0.2, 0.25) is 5.02 Å². The van der Waals surface area contributed by atoms with Gasteiger partial charge in [0, 0.05) is 6.54 Å². The number of anilines is 1. The Hall–Kier alpha value is -1.86. The molecule has 0 aromatic heterocycles. The van der Waals surface area contributed by atoms with E-state index in [4.69, 9.17) is 22.4 Å². The van der Waals surface area contributed by atoms with Crippen LogP contribution in [0, 0.1) is 28.7 Å². The molecular formula is C17H19ClN4. The molecule has 3 rings (SSSR count). The number of nitrogens with one attached hydrogen (secondary N) is 2. The van der Waals surface area contributed by atoms with Gasteiger partial charge in [0.15, 0.2) is 0 Å². The average Bonchev–Trinajstić information content (AvgIpc) is 3.37. The molecule has 2 N–H and O–H groups in total. The first-order valence-electron chi connectivity index (χ1n) is 7.75. The summed E-state index contributed by atoms with van der Waals surface area (Å²) in [7, 11) is 0. The van der Waals surface area contributed by atoms with Gasteiger partial charge < -0.3 is 5.32 Å². The summed E-state index contributed by atoms with van der Waals surface area (Å²) in [5.74, 6) is 0.864. The number of rotatable bonds is 5. The summed E-state index contributed by atoms with van der Waals surface area (Å²) in [6, 6.07) is 6.29. The van der Waals surface area contributed by atoms with Crippen LogP contribution in [-0.4, -0.2) is 6.54 Å². The normalized spacial score (nSPS) is 20.9. The summed E-state index contributed by atoms with van der Waals surface area (Å²) in [6.45, 7) is 0.921. The Kier molecular flexibility index (Phi) is 4.44. The van der Waals surface area contributed by atoms with E-state index >= 15 is 0 Å². The highest BCUT2D eigenvalue weighted by Crippen LogP contribution is 2.42. The van der Waals surface area contributed by atoms with Gasteiger partial charge in [0.05, 0.1) is 22.7 Å². The molecule has 0 saturated heterocycles. The Bertz CT molecular complexity index is 655. The van der Waals surface area contributed by atoms with Crippen LogP contribution in [0.5, 0.6) is 0 Å². The van der Waals surface area contributed by atoms with E-state index in [2.05, 4.69) is 22.6 Å². The van der Waals surface area contributed by atoms with Gasteiger partial charge in [-0.25, -0.2) is 5.53 Å². The zero-order chi connectivity index (χ0) is 15.5. The summed E-state index contributed by atoms with van der Waals surface area (Å²) in [4.78, 5) is 0. The second-order valence-corrected chi connectivity index (χ2v) is 6.47. The summed E-state index contributed by atoms with van der Waals surface area (Å²) >= 11 is 6.49. The van der Waals surface area contributed by atoms with Gasteiger partial charge in [-0.2, -0.15) is 10.4 Å². The maximum atomic E-state index is 8.98. The summed E-state index contributed by atoms with van der Waals surface area (Å²) in [6.07, 6.45) is 7.15. The van der Waals surface area contributed by atoms with Crippen molar-refractivity contribution in [3.05, 3.63) is 28.8 Å². The van der Waals surface area contributed by atoms with E-state index in [0.29, 0.717) is 10.7 Å². The summed E-state index contributed by atoms with van der Waals surface area (Å²) in [5, 5.41) is 16.5. The smallest absolute Gasteiger partial charge is 0.127 e. The van der Waals surface area contributed by atoms with E-state index in [1.54, 1.807) is 0 Å². The van der Waals surface area contributed by atoms with Crippen molar-refractivity contribution in [2.45, 2.75) is 32.1 Å². The Balaban J connectivity index is 1.84. The molecule has 4 nitrogen and oxygen atoms in total. The molecule has 1 fully saturated rings. The molecule has 0 aliphatic heterocycles. The molecule has 2 aliphatic carbocycles. The zero-order valence-electron chi connectivity index (χ0n) is 12.4. The maximum Gasteiger partial charge on any atom is 0.127 e. The standard InChI is InChI=1S/C17H19ClN4/c18-16-14(13-5-3-11(9-19)4-6-13)7-8-15(17(16)22-20)21-10-12-1-2-12/h5,7-8,11-12,20-21H,1-4,6,10H2. The number of halogens is 1. The third kappa shape index (κ3) is 3.15. The fourth-order valence-electron chi connectivity index (χ4n) is 2.84. The Morgan fingerprint density at radius 1 is 1.36 bits per heavy atom. The molecule has 0 amide bonds. The van der Waals surface area contributed by atoms with Crippen LogP contribution in [0.3, 0.4) is 0 Å². The molecule has 114 valence electrons. The minimum Gasteiger partial charge on any atom is -0.383 e. The highest BCUT2D eigenvalue weighted by molar-refractivity contribution is 6.35. The van der Waals surface area contributed by atoms with E-state index in [-0.39, 0.29) is 5.92 Å².